The monoisotopic (exact) mass is 324 g/mol. The topological polar surface area (TPSA) is 46.5 Å². The van der Waals surface area contributed by atoms with Crippen molar-refractivity contribution < 1.29 is 14.6 Å². The fourth-order valence-corrected chi connectivity index (χ4v) is 4.47. The summed E-state index contributed by atoms with van der Waals surface area (Å²) in [6.07, 6.45) is 13.8. The second-order valence-corrected chi connectivity index (χ2v) is 8.18. The van der Waals surface area contributed by atoms with E-state index in [4.69, 9.17) is 4.74 Å². The van der Waals surface area contributed by atoms with E-state index in [1.54, 1.807) is 0 Å². The largest absolute Gasteiger partial charge is 0.469 e. The molecule has 1 atom stereocenters. The highest BCUT2D eigenvalue weighted by Crippen LogP contribution is 2.34. The van der Waals surface area contributed by atoms with Crippen LogP contribution in [0.25, 0.3) is 0 Å². The summed E-state index contributed by atoms with van der Waals surface area (Å²) in [6.45, 7) is 2.36. The first-order valence-corrected chi connectivity index (χ1v) is 9.84. The Labute approximate surface area is 142 Å². The predicted molar refractivity (Wildman–Crippen MR) is 93.1 cm³/mol. The first kappa shape index (κ1) is 18.8. The highest BCUT2D eigenvalue weighted by atomic mass is 16.5. The van der Waals surface area contributed by atoms with Crippen LogP contribution in [0.5, 0.6) is 0 Å². The number of carbonyl (C=O) groups is 1. The van der Waals surface area contributed by atoms with Gasteiger partial charge in [0, 0.05) is 0 Å². The molecule has 0 heterocycles. The van der Waals surface area contributed by atoms with Crippen LogP contribution in [0.1, 0.15) is 84.0 Å². The van der Waals surface area contributed by atoms with Gasteiger partial charge in [-0.15, -0.1) is 0 Å². The number of ether oxygens (including phenoxy) is 1. The first-order chi connectivity index (χ1) is 11.1. The molecule has 0 saturated heterocycles. The van der Waals surface area contributed by atoms with E-state index in [1.807, 2.05) is 0 Å². The predicted octanol–water partition coefficient (Wildman–Crippen LogP) is 4.71. The molecule has 1 N–H and O–H groups in total. The minimum absolute atomic E-state index is 0.0368. The molecule has 0 aromatic carbocycles. The van der Waals surface area contributed by atoms with E-state index in [-0.39, 0.29) is 18.0 Å². The molecule has 3 heteroatoms. The molecule has 134 valence electrons. The van der Waals surface area contributed by atoms with Crippen LogP contribution in [-0.4, -0.2) is 24.3 Å². The minimum atomic E-state index is -0.118. The lowest BCUT2D eigenvalue weighted by Crippen LogP contribution is -2.23. The van der Waals surface area contributed by atoms with Crippen LogP contribution in [-0.2, 0) is 9.53 Å². The third kappa shape index (κ3) is 6.45. The highest BCUT2D eigenvalue weighted by molar-refractivity contribution is 5.72. The maximum absolute atomic E-state index is 11.5. The molecule has 2 fully saturated rings. The smallest absolute Gasteiger partial charge is 0.308 e. The van der Waals surface area contributed by atoms with Gasteiger partial charge in [-0.25, -0.2) is 0 Å². The Kier molecular flexibility index (Phi) is 7.88. The number of hydrogen-bond donors (Lipinski definition) is 1. The Hall–Kier alpha value is -0.570. The molecule has 0 amide bonds. The molecule has 3 nitrogen and oxygen atoms in total. The maximum atomic E-state index is 11.5. The summed E-state index contributed by atoms with van der Waals surface area (Å²) in [7, 11) is 1.48. The molecule has 23 heavy (non-hydrogen) atoms. The zero-order valence-corrected chi connectivity index (χ0v) is 15.1. The highest BCUT2D eigenvalue weighted by Gasteiger charge is 2.27. The Balaban J connectivity index is 1.55. The molecule has 0 radical (unpaired) electrons. The van der Waals surface area contributed by atoms with Crippen LogP contribution < -0.4 is 0 Å². The third-order valence-corrected chi connectivity index (χ3v) is 6.33. The van der Waals surface area contributed by atoms with Crippen molar-refractivity contribution in [1.29, 1.82) is 0 Å². The molecule has 1 unspecified atom stereocenters. The molecule has 2 aliphatic rings. The molecule has 0 spiro atoms. The molecule has 0 aromatic rings. The molecule has 0 aromatic heterocycles. The van der Waals surface area contributed by atoms with Crippen molar-refractivity contribution in [2.75, 3.05) is 7.11 Å². The van der Waals surface area contributed by atoms with Gasteiger partial charge in [0.2, 0.25) is 0 Å². The summed E-state index contributed by atoms with van der Waals surface area (Å²) >= 11 is 0. The van der Waals surface area contributed by atoms with Crippen molar-refractivity contribution in [1.82, 2.24) is 0 Å². The Morgan fingerprint density at radius 3 is 1.91 bits per heavy atom. The number of rotatable bonds is 7. The molecule has 0 aliphatic heterocycles. The number of methoxy groups -OCH3 is 1. The van der Waals surface area contributed by atoms with Gasteiger partial charge in [-0.05, 0) is 69.1 Å². The normalized spacial score (nSPS) is 33.2. The molecule has 2 rings (SSSR count). The van der Waals surface area contributed by atoms with Crippen molar-refractivity contribution in [3.8, 4) is 0 Å². The molecular formula is C20H36O3. The fourth-order valence-electron chi connectivity index (χ4n) is 4.47. The number of hydrogen-bond acceptors (Lipinski definition) is 3. The van der Waals surface area contributed by atoms with Crippen LogP contribution in [0, 0.1) is 23.7 Å². The zero-order chi connectivity index (χ0) is 16.7. The SMILES string of the molecule is COC(=O)C1CCC(CCC(O)CCC2CCC(C)CC2)CC1. The van der Waals surface area contributed by atoms with Crippen LogP contribution in [0.2, 0.25) is 0 Å². The lowest BCUT2D eigenvalue weighted by Gasteiger charge is -2.28. The molecule has 2 saturated carbocycles. The first-order valence-electron chi connectivity index (χ1n) is 9.84. The van der Waals surface area contributed by atoms with Crippen LogP contribution >= 0.6 is 0 Å². The standard InChI is InChI=1S/C20H36O3/c1-15-3-5-16(6-4-15)9-13-19(21)14-10-17-7-11-18(12-8-17)20(22)23-2/h15-19,21H,3-14H2,1-2H3. The molecular weight excluding hydrogens is 288 g/mol. The number of aliphatic hydroxyl groups is 1. The van der Waals surface area contributed by atoms with Crippen molar-refractivity contribution in [3.63, 3.8) is 0 Å². The van der Waals surface area contributed by atoms with Crippen molar-refractivity contribution >= 4 is 5.97 Å². The van der Waals surface area contributed by atoms with E-state index in [9.17, 15) is 9.90 Å². The quantitative estimate of drug-likeness (QED) is 0.690. The summed E-state index contributed by atoms with van der Waals surface area (Å²) in [5, 5.41) is 10.3. The van der Waals surface area contributed by atoms with Crippen molar-refractivity contribution in [2.24, 2.45) is 23.7 Å². The van der Waals surface area contributed by atoms with Gasteiger partial charge in [0.1, 0.15) is 0 Å². The fraction of sp³-hybridized carbons (Fsp3) is 0.950. The van der Waals surface area contributed by atoms with Gasteiger partial charge in [-0.2, -0.15) is 0 Å². The summed E-state index contributed by atoms with van der Waals surface area (Å²) in [5.74, 6) is 2.55. The number of esters is 1. The van der Waals surface area contributed by atoms with Crippen LogP contribution in [0.3, 0.4) is 0 Å². The van der Waals surface area contributed by atoms with Gasteiger partial charge in [0.15, 0.2) is 0 Å². The number of carbonyl (C=O) groups excluding carboxylic acids is 1. The van der Waals surface area contributed by atoms with Gasteiger partial charge in [-0.3, -0.25) is 4.79 Å². The average molecular weight is 325 g/mol. The van der Waals surface area contributed by atoms with E-state index < -0.39 is 0 Å². The minimum Gasteiger partial charge on any atom is -0.469 e. The summed E-state index contributed by atoms with van der Waals surface area (Å²) in [5.41, 5.74) is 0. The number of aliphatic hydroxyl groups excluding tert-OH is 1. The maximum Gasteiger partial charge on any atom is 0.308 e. The van der Waals surface area contributed by atoms with Crippen molar-refractivity contribution in [3.05, 3.63) is 0 Å². The zero-order valence-electron chi connectivity index (χ0n) is 15.1. The van der Waals surface area contributed by atoms with Gasteiger partial charge in [0.25, 0.3) is 0 Å². The summed E-state index contributed by atoms with van der Waals surface area (Å²) < 4.78 is 4.84. The Morgan fingerprint density at radius 2 is 1.43 bits per heavy atom. The van der Waals surface area contributed by atoms with Gasteiger partial charge < -0.3 is 9.84 Å². The Bertz CT molecular complexity index is 339. The lowest BCUT2D eigenvalue weighted by molar-refractivity contribution is -0.146. The average Bonchev–Trinajstić information content (AvgIpc) is 2.59. The van der Waals surface area contributed by atoms with Crippen molar-refractivity contribution in [2.45, 2.75) is 90.1 Å². The van der Waals surface area contributed by atoms with E-state index in [1.165, 1.54) is 39.2 Å². The summed E-state index contributed by atoms with van der Waals surface area (Å²) in [6, 6.07) is 0. The van der Waals surface area contributed by atoms with Gasteiger partial charge in [-0.1, -0.05) is 32.6 Å². The van der Waals surface area contributed by atoms with Crippen LogP contribution in [0.15, 0.2) is 0 Å². The Morgan fingerprint density at radius 1 is 0.957 bits per heavy atom. The van der Waals surface area contributed by atoms with Gasteiger partial charge >= 0.3 is 5.97 Å². The van der Waals surface area contributed by atoms with Crippen LogP contribution in [0.4, 0.5) is 0 Å². The van der Waals surface area contributed by atoms with E-state index in [0.29, 0.717) is 5.92 Å². The van der Waals surface area contributed by atoms with Gasteiger partial charge in [0.05, 0.1) is 19.1 Å². The summed E-state index contributed by atoms with van der Waals surface area (Å²) in [4.78, 5) is 11.5. The van der Waals surface area contributed by atoms with E-state index in [0.717, 1.165) is 56.8 Å². The van der Waals surface area contributed by atoms with E-state index in [2.05, 4.69) is 6.92 Å². The second kappa shape index (κ2) is 9.66. The molecule has 0 bridgehead atoms. The molecule has 2 aliphatic carbocycles. The third-order valence-electron chi connectivity index (χ3n) is 6.33. The second-order valence-electron chi connectivity index (χ2n) is 8.18. The van der Waals surface area contributed by atoms with E-state index >= 15 is 0 Å². The lowest BCUT2D eigenvalue weighted by atomic mass is 9.78.